The van der Waals surface area contributed by atoms with E-state index >= 15 is 0 Å². The Morgan fingerprint density at radius 3 is 2.91 bits per heavy atom. The summed E-state index contributed by atoms with van der Waals surface area (Å²) in [6, 6.07) is 10.3. The molecule has 0 radical (unpaired) electrons. The number of hydrogen-bond acceptors (Lipinski definition) is 5. The van der Waals surface area contributed by atoms with Gasteiger partial charge in [0.2, 0.25) is 0 Å². The highest BCUT2D eigenvalue weighted by molar-refractivity contribution is 5.87. The number of aromatic nitrogens is 2. The number of carbonyl (C=O) groups excluding carboxylic acids is 1. The summed E-state index contributed by atoms with van der Waals surface area (Å²) in [7, 11) is 1.36. The van der Waals surface area contributed by atoms with Crippen molar-refractivity contribution in [1.29, 1.82) is 0 Å². The van der Waals surface area contributed by atoms with Gasteiger partial charge in [-0.15, -0.1) is 0 Å². The molecule has 5 heteroatoms. The van der Waals surface area contributed by atoms with Crippen LogP contribution in [0.4, 0.5) is 5.82 Å². The Morgan fingerprint density at radius 1 is 1.30 bits per heavy atom. The van der Waals surface area contributed by atoms with Crippen LogP contribution in [-0.4, -0.2) is 36.1 Å². The molecule has 1 saturated heterocycles. The van der Waals surface area contributed by atoms with Gasteiger partial charge in [-0.1, -0.05) is 24.3 Å². The van der Waals surface area contributed by atoms with Crippen LogP contribution >= 0.6 is 0 Å². The molecule has 0 N–H and O–H groups in total. The molecule has 0 unspecified atom stereocenters. The lowest BCUT2D eigenvalue weighted by Gasteiger charge is -2.34. The molecular formula is C18H21N3O2. The topological polar surface area (TPSA) is 55.3 Å². The third-order valence-corrected chi connectivity index (χ3v) is 4.42. The van der Waals surface area contributed by atoms with E-state index in [9.17, 15) is 4.79 Å². The van der Waals surface area contributed by atoms with Crippen molar-refractivity contribution in [2.75, 3.05) is 25.1 Å². The summed E-state index contributed by atoms with van der Waals surface area (Å²) >= 11 is 0. The number of carbonyl (C=O) groups is 1. The molecule has 0 aliphatic carbocycles. The lowest BCUT2D eigenvalue weighted by Crippen LogP contribution is -2.35. The normalized spacial score (nSPS) is 17.8. The predicted octanol–water partition coefficient (Wildman–Crippen LogP) is 2.96. The number of methoxy groups -OCH3 is 1. The maximum atomic E-state index is 11.6. The van der Waals surface area contributed by atoms with Crippen LogP contribution in [0.3, 0.4) is 0 Å². The number of aryl methyl sites for hydroxylation is 1. The predicted molar refractivity (Wildman–Crippen MR) is 88.7 cm³/mol. The zero-order valence-electron chi connectivity index (χ0n) is 13.5. The van der Waals surface area contributed by atoms with Crippen LogP contribution in [0.15, 0.2) is 36.7 Å². The highest BCUT2D eigenvalue weighted by atomic mass is 16.5. The van der Waals surface area contributed by atoms with E-state index in [1.165, 1.54) is 31.0 Å². The third kappa shape index (κ3) is 3.33. The van der Waals surface area contributed by atoms with E-state index < -0.39 is 5.97 Å². The maximum Gasteiger partial charge on any atom is 0.356 e. The first kappa shape index (κ1) is 15.5. The van der Waals surface area contributed by atoms with E-state index in [1.807, 2.05) is 0 Å². The first-order valence-electron chi connectivity index (χ1n) is 7.90. The molecule has 0 spiro atoms. The summed E-state index contributed by atoms with van der Waals surface area (Å²) in [5, 5.41) is 0. The minimum Gasteiger partial charge on any atom is -0.464 e. The summed E-state index contributed by atoms with van der Waals surface area (Å²) < 4.78 is 4.74. The van der Waals surface area contributed by atoms with E-state index in [2.05, 4.69) is 46.1 Å². The van der Waals surface area contributed by atoms with Gasteiger partial charge in [-0.25, -0.2) is 14.8 Å². The highest BCUT2D eigenvalue weighted by Gasteiger charge is 2.24. The second kappa shape index (κ2) is 6.77. The molecular weight excluding hydrogens is 290 g/mol. The first-order valence-corrected chi connectivity index (χ1v) is 7.90. The molecule has 1 aliphatic rings. The molecule has 1 aliphatic heterocycles. The van der Waals surface area contributed by atoms with Gasteiger partial charge in [0.25, 0.3) is 0 Å². The number of hydrogen-bond donors (Lipinski definition) is 0. The van der Waals surface area contributed by atoms with Crippen molar-refractivity contribution in [3.8, 4) is 0 Å². The van der Waals surface area contributed by atoms with Crippen LogP contribution in [0.25, 0.3) is 0 Å². The fourth-order valence-electron chi connectivity index (χ4n) is 3.22. The Morgan fingerprint density at radius 2 is 2.13 bits per heavy atom. The molecule has 5 nitrogen and oxygen atoms in total. The molecule has 2 heterocycles. The average molecular weight is 311 g/mol. The van der Waals surface area contributed by atoms with Crippen LogP contribution in [0.1, 0.15) is 40.4 Å². The largest absolute Gasteiger partial charge is 0.464 e. The Bertz CT molecular complexity index is 702. The van der Waals surface area contributed by atoms with Gasteiger partial charge in [0.1, 0.15) is 12.1 Å². The molecule has 1 aromatic carbocycles. The zero-order valence-corrected chi connectivity index (χ0v) is 13.5. The summed E-state index contributed by atoms with van der Waals surface area (Å²) in [5.41, 5.74) is 3.03. The molecule has 1 atom stereocenters. The monoisotopic (exact) mass is 311 g/mol. The molecule has 1 aromatic heterocycles. The second-order valence-corrected chi connectivity index (χ2v) is 5.89. The van der Waals surface area contributed by atoms with Crippen molar-refractivity contribution < 1.29 is 9.53 Å². The van der Waals surface area contributed by atoms with Crippen LogP contribution < -0.4 is 4.90 Å². The van der Waals surface area contributed by atoms with Crippen molar-refractivity contribution >= 4 is 11.8 Å². The number of ether oxygens (including phenoxy) is 1. The zero-order chi connectivity index (χ0) is 16.2. The van der Waals surface area contributed by atoms with Gasteiger partial charge in [0.15, 0.2) is 5.69 Å². The third-order valence-electron chi connectivity index (χ3n) is 4.42. The average Bonchev–Trinajstić information content (AvgIpc) is 2.61. The minimum absolute atomic E-state index is 0.301. The number of nitrogens with zero attached hydrogens (tertiary/aromatic N) is 3. The van der Waals surface area contributed by atoms with Crippen molar-refractivity contribution in [2.24, 2.45) is 0 Å². The Kier molecular flexibility index (Phi) is 4.55. The van der Waals surface area contributed by atoms with Crippen LogP contribution in [-0.2, 0) is 4.74 Å². The van der Waals surface area contributed by atoms with Crippen molar-refractivity contribution in [3.05, 3.63) is 53.5 Å². The lowest BCUT2D eigenvalue weighted by atomic mass is 9.88. The fraction of sp³-hybridized carbons (Fsp3) is 0.389. The number of rotatable bonds is 3. The quantitative estimate of drug-likeness (QED) is 0.816. The van der Waals surface area contributed by atoms with Gasteiger partial charge in [-0.3, -0.25) is 0 Å². The van der Waals surface area contributed by atoms with Crippen LogP contribution in [0.5, 0.6) is 0 Å². The van der Waals surface area contributed by atoms with Gasteiger partial charge >= 0.3 is 5.97 Å². The van der Waals surface area contributed by atoms with Gasteiger partial charge in [-0.05, 0) is 30.9 Å². The lowest BCUT2D eigenvalue weighted by molar-refractivity contribution is 0.0594. The van der Waals surface area contributed by atoms with Crippen LogP contribution in [0.2, 0.25) is 0 Å². The Labute approximate surface area is 136 Å². The van der Waals surface area contributed by atoms with Gasteiger partial charge in [-0.2, -0.15) is 0 Å². The first-order chi connectivity index (χ1) is 11.2. The SMILES string of the molecule is COC(=O)c1cc(N2CCC[C@@H](c3ccccc3C)C2)ncn1. The number of benzene rings is 1. The standard InChI is InChI=1S/C18H21N3O2/c1-13-6-3-4-8-15(13)14-7-5-9-21(11-14)17-10-16(18(22)23-2)19-12-20-17/h3-4,6,8,10,12,14H,5,7,9,11H2,1-2H3/t14-/m1/s1. The molecule has 0 amide bonds. The Hall–Kier alpha value is -2.43. The van der Waals surface area contributed by atoms with Crippen molar-refractivity contribution in [1.82, 2.24) is 9.97 Å². The van der Waals surface area contributed by atoms with E-state index in [0.29, 0.717) is 11.6 Å². The number of anilines is 1. The molecule has 120 valence electrons. The minimum atomic E-state index is -0.430. The molecule has 3 rings (SSSR count). The smallest absolute Gasteiger partial charge is 0.356 e. The maximum absolute atomic E-state index is 11.6. The van der Waals surface area contributed by atoms with Crippen LogP contribution in [0, 0.1) is 6.92 Å². The summed E-state index contributed by atoms with van der Waals surface area (Å²) in [4.78, 5) is 22.2. The van der Waals surface area contributed by atoms with Gasteiger partial charge in [0, 0.05) is 25.1 Å². The Balaban J connectivity index is 1.81. The number of piperidine rings is 1. The van der Waals surface area contributed by atoms with Gasteiger partial charge < -0.3 is 9.64 Å². The van der Waals surface area contributed by atoms with E-state index in [1.54, 1.807) is 6.07 Å². The molecule has 1 fully saturated rings. The summed E-state index contributed by atoms with van der Waals surface area (Å²) in [6.07, 6.45) is 3.71. The van der Waals surface area contributed by atoms with E-state index in [4.69, 9.17) is 4.74 Å². The highest BCUT2D eigenvalue weighted by Crippen LogP contribution is 2.30. The summed E-state index contributed by atoms with van der Waals surface area (Å²) in [6.45, 7) is 4.01. The van der Waals surface area contributed by atoms with Crippen molar-refractivity contribution in [3.63, 3.8) is 0 Å². The molecule has 2 aromatic rings. The molecule has 23 heavy (non-hydrogen) atoms. The van der Waals surface area contributed by atoms with E-state index in [-0.39, 0.29) is 0 Å². The number of esters is 1. The van der Waals surface area contributed by atoms with E-state index in [0.717, 1.165) is 25.3 Å². The molecule has 0 saturated carbocycles. The summed E-state index contributed by atoms with van der Waals surface area (Å²) in [5.74, 6) is 0.848. The fourth-order valence-corrected chi connectivity index (χ4v) is 3.22. The van der Waals surface area contributed by atoms with Gasteiger partial charge in [0.05, 0.1) is 7.11 Å². The van der Waals surface area contributed by atoms with Crippen molar-refractivity contribution in [2.45, 2.75) is 25.7 Å². The molecule has 0 bridgehead atoms. The second-order valence-electron chi connectivity index (χ2n) is 5.89.